The molecule has 0 spiro atoms. The number of carbonyl (C=O) groups is 1. The third-order valence-electron chi connectivity index (χ3n) is 12.5. The van der Waals surface area contributed by atoms with Gasteiger partial charge >= 0.3 is 5.97 Å². The van der Waals surface area contributed by atoms with E-state index in [9.17, 15) is 14.3 Å². The highest BCUT2D eigenvalue weighted by molar-refractivity contribution is 7.45. The van der Waals surface area contributed by atoms with Crippen molar-refractivity contribution in [1.82, 2.24) is 0 Å². The van der Waals surface area contributed by atoms with E-state index in [1.165, 1.54) is 218 Å². The molecule has 0 fully saturated rings. The minimum atomic E-state index is -4.53. The number of rotatable bonds is 53. The molecule has 0 saturated heterocycles. The van der Waals surface area contributed by atoms with Gasteiger partial charge in [-0.2, -0.15) is 0 Å². The Morgan fingerprint density at radius 1 is 0.462 bits per heavy atom. The number of likely N-dealkylation sites (N-methyl/N-ethyl adjacent to an activating group) is 1. The van der Waals surface area contributed by atoms with Gasteiger partial charge in [0.2, 0.25) is 0 Å². The predicted molar refractivity (Wildman–Crippen MR) is 277 cm³/mol. The number of esters is 1. The highest BCUT2D eigenvalue weighted by Crippen LogP contribution is 2.38. The van der Waals surface area contributed by atoms with Crippen molar-refractivity contribution in [3.63, 3.8) is 0 Å². The third-order valence-corrected chi connectivity index (χ3v) is 13.4. The largest absolute Gasteiger partial charge is 0.756 e. The van der Waals surface area contributed by atoms with Crippen LogP contribution < -0.4 is 4.89 Å². The van der Waals surface area contributed by atoms with Crippen LogP contribution in [0.2, 0.25) is 0 Å². The van der Waals surface area contributed by atoms with Crippen LogP contribution >= 0.6 is 7.82 Å². The zero-order valence-corrected chi connectivity index (χ0v) is 44.9. The van der Waals surface area contributed by atoms with Crippen LogP contribution in [0.5, 0.6) is 0 Å². The average Bonchev–Trinajstić information content (AvgIpc) is 3.27. The van der Waals surface area contributed by atoms with Gasteiger partial charge in [-0.15, -0.1) is 0 Å². The predicted octanol–water partition coefficient (Wildman–Crippen LogP) is 16.9. The van der Waals surface area contributed by atoms with Gasteiger partial charge in [0.25, 0.3) is 7.82 Å². The van der Waals surface area contributed by atoms with E-state index in [4.69, 9.17) is 18.5 Å². The molecule has 2 unspecified atom stereocenters. The Morgan fingerprint density at radius 3 is 1.17 bits per heavy atom. The van der Waals surface area contributed by atoms with E-state index >= 15 is 0 Å². The lowest BCUT2D eigenvalue weighted by atomic mass is 10.0. The molecule has 2 atom stereocenters. The molecule has 0 aliphatic carbocycles. The maximum Gasteiger partial charge on any atom is 0.306 e. The molecule has 0 amide bonds. The number of phosphoric acid groups is 1. The Morgan fingerprint density at radius 2 is 0.800 bits per heavy atom. The van der Waals surface area contributed by atoms with Crippen LogP contribution in [0.3, 0.4) is 0 Å². The van der Waals surface area contributed by atoms with Crippen molar-refractivity contribution in [3.8, 4) is 0 Å². The van der Waals surface area contributed by atoms with E-state index < -0.39 is 13.9 Å². The highest BCUT2D eigenvalue weighted by atomic mass is 31.2. The third kappa shape index (κ3) is 53.8. The molecule has 0 N–H and O–H groups in total. The molecule has 65 heavy (non-hydrogen) atoms. The van der Waals surface area contributed by atoms with Gasteiger partial charge < -0.3 is 27.9 Å². The molecular formula is C56H110NO7P. The van der Waals surface area contributed by atoms with Gasteiger partial charge in [-0.3, -0.25) is 9.36 Å². The summed E-state index contributed by atoms with van der Waals surface area (Å²) in [7, 11) is 1.37. The normalized spacial score (nSPS) is 13.6. The maximum atomic E-state index is 12.8. The molecule has 9 heteroatoms. The molecule has 0 aliphatic rings. The lowest BCUT2D eigenvalue weighted by Gasteiger charge is -2.28. The molecule has 386 valence electrons. The van der Waals surface area contributed by atoms with Gasteiger partial charge in [0.05, 0.1) is 34.4 Å². The first-order valence-corrected chi connectivity index (χ1v) is 29.5. The van der Waals surface area contributed by atoms with E-state index in [0.717, 1.165) is 32.1 Å². The number of phosphoric ester groups is 1. The van der Waals surface area contributed by atoms with Crippen molar-refractivity contribution in [1.29, 1.82) is 0 Å². The van der Waals surface area contributed by atoms with E-state index in [2.05, 4.69) is 38.2 Å². The highest BCUT2D eigenvalue weighted by Gasteiger charge is 2.20. The zero-order chi connectivity index (χ0) is 47.6. The number of carbonyl (C=O) groups excluding carboxylic acids is 1. The number of allylic oxidation sites excluding steroid dienone is 4. The molecule has 0 radical (unpaired) electrons. The molecule has 0 heterocycles. The summed E-state index contributed by atoms with van der Waals surface area (Å²) in [6.07, 6.45) is 59.3. The van der Waals surface area contributed by atoms with Gasteiger partial charge in [0.1, 0.15) is 19.3 Å². The molecule has 0 bridgehead atoms. The SMILES string of the molecule is CCCCCCCC/C=C\CCCCCCCCCCCC(=O)OC(COCCCCCCCCCCCCCC/C=C\CCCCCCCCCC)COP(=O)([O-])OCC[N+](C)(C)C. The summed E-state index contributed by atoms with van der Waals surface area (Å²) in [4.78, 5) is 25.2. The number of nitrogens with zero attached hydrogens (tertiary/aromatic N) is 1. The van der Waals surface area contributed by atoms with E-state index in [1.54, 1.807) is 0 Å². The van der Waals surface area contributed by atoms with Crippen molar-refractivity contribution in [2.75, 3.05) is 54.1 Å². The Bertz CT molecular complexity index is 1090. The molecule has 0 aromatic heterocycles. The quantitative estimate of drug-likeness (QED) is 0.0197. The molecule has 0 aromatic rings. The fraction of sp³-hybridized carbons (Fsp3) is 0.911. The first-order valence-electron chi connectivity index (χ1n) is 28.1. The molecule has 0 aliphatic heterocycles. The fourth-order valence-electron chi connectivity index (χ4n) is 8.13. The molecule has 8 nitrogen and oxygen atoms in total. The second-order valence-electron chi connectivity index (χ2n) is 20.3. The second kappa shape index (κ2) is 49.4. The molecule has 0 rings (SSSR count). The van der Waals surface area contributed by atoms with Crippen molar-refractivity contribution in [2.45, 2.75) is 277 Å². The number of hydrogen-bond acceptors (Lipinski definition) is 7. The smallest absolute Gasteiger partial charge is 0.306 e. The average molecular weight is 940 g/mol. The van der Waals surface area contributed by atoms with Crippen molar-refractivity contribution < 1.29 is 37.3 Å². The summed E-state index contributed by atoms with van der Waals surface area (Å²) in [6, 6.07) is 0. The lowest BCUT2D eigenvalue weighted by Crippen LogP contribution is -2.37. The monoisotopic (exact) mass is 940 g/mol. The van der Waals surface area contributed by atoms with Gasteiger partial charge in [0, 0.05) is 13.0 Å². The summed E-state index contributed by atoms with van der Waals surface area (Å²) in [5.74, 6) is -0.331. The fourth-order valence-corrected chi connectivity index (χ4v) is 8.86. The molecule has 0 aromatic carbocycles. The van der Waals surface area contributed by atoms with Crippen LogP contribution in [-0.2, 0) is 27.9 Å². The van der Waals surface area contributed by atoms with Crippen molar-refractivity contribution in [3.05, 3.63) is 24.3 Å². The van der Waals surface area contributed by atoms with Crippen LogP contribution in [0.25, 0.3) is 0 Å². The minimum Gasteiger partial charge on any atom is -0.756 e. The maximum absolute atomic E-state index is 12.8. The number of ether oxygens (including phenoxy) is 2. The van der Waals surface area contributed by atoms with Crippen molar-refractivity contribution in [2.24, 2.45) is 0 Å². The van der Waals surface area contributed by atoms with Gasteiger partial charge in [0.15, 0.2) is 0 Å². The topological polar surface area (TPSA) is 94.1 Å². The van der Waals surface area contributed by atoms with Crippen molar-refractivity contribution >= 4 is 13.8 Å². The molecular weight excluding hydrogens is 830 g/mol. The Kier molecular flexibility index (Phi) is 48.6. The van der Waals surface area contributed by atoms with Crippen LogP contribution in [0.15, 0.2) is 24.3 Å². The Hall–Kier alpha value is -1.02. The number of quaternary nitrogens is 1. The van der Waals surface area contributed by atoms with Crippen LogP contribution in [0, 0.1) is 0 Å². The van der Waals surface area contributed by atoms with E-state index in [0.29, 0.717) is 24.1 Å². The Labute approximate surface area is 404 Å². The zero-order valence-electron chi connectivity index (χ0n) is 44.0. The first-order chi connectivity index (χ1) is 31.6. The first kappa shape index (κ1) is 64.0. The Balaban J connectivity index is 4.06. The second-order valence-corrected chi connectivity index (χ2v) is 21.7. The van der Waals surface area contributed by atoms with Gasteiger partial charge in [-0.1, -0.05) is 224 Å². The van der Waals surface area contributed by atoms with Crippen LogP contribution in [0.1, 0.15) is 271 Å². The minimum absolute atomic E-state index is 0.0277. The van der Waals surface area contributed by atoms with Gasteiger partial charge in [-0.05, 0) is 64.2 Å². The summed E-state index contributed by atoms with van der Waals surface area (Å²) in [6.45, 7) is 5.46. The van der Waals surface area contributed by atoms with E-state index in [-0.39, 0.29) is 25.8 Å². The van der Waals surface area contributed by atoms with Crippen LogP contribution in [0.4, 0.5) is 0 Å². The number of hydrogen-bond donors (Lipinski definition) is 0. The lowest BCUT2D eigenvalue weighted by molar-refractivity contribution is -0.870. The summed E-state index contributed by atoms with van der Waals surface area (Å²) >= 11 is 0. The number of unbranched alkanes of at least 4 members (excludes halogenated alkanes) is 35. The van der Waals surface area contributed by atoms with Gasteiger partial charge in [-0.25, -0.2) is 0 Å². The standard InChI is InChI=1S/C56H110NO7P/c1-6-8-10-12-14-16-18-20-22-24-26-27-28-29-30-32-34-36-38-40-42-44-46-48-51-61-53-55(54-63-65(59,60)62-52-50-57(3,4)5)64-56(58)49-47-45-43-41-39-37-35-33-31-25-23-21-19-17-15-13-11-9-7-2/h21,23-24,26,55H,6-20,22,25,27-54H2,1-5H3/b23-21-,26-24-. The van der Waals surface area contributed by atoms with E-state index in [1.807, 2.05) is 21.1 Å². The summed E-state index contributed by atoms with van der Waals surface area (Å²) < 4.78 is 34.8. The molecule has 0 saturated carbocycles. The van der Waals surface area contributed by atoms with Crippen LogP contribution in [-0.4, -0.2) is 70.7 Å². The summed E-state index contributed by atoms with van der Waals surface area (Å²) in [5.41, 5.74) is 0. The summed E-state index contributed by atoms with van der Waals surface area (Å²) in [5, 5.41) is 0.